The van der Waals surface area contributed by atoms with Gasteiger partial charge in [0.2, 0.25) is 0 Å². The second-order valence-electron chi connectivity index (χ2n) is 5.25. The van der Waals surface area contributed by atoms with E-state index in [1.54, 1.807) is 5.38 Å². The summed E-state index contributed by atoms with van der Waals surface area (Å²) >= 11 is 1.21. The highest BCUT2D eigenvalue weighted by Crippen LogP contribution is 2.22. The van der Waals surface area contributed by atoms with Crippen LogP contribution in [0.1, 0.15) is 36.5 Å². The molecule has 0 aromatic carbocycles. The molecule has 1 aliphatic rings. The Kier molecular flexibility index (Phi) is 5.58. The van der Waals surface area contributed by atoms with Crippen molar-refractivity contribution in [1.29, 1.82) is 0 Å². The van der Waals surface area contributed by atoms with Crippen LogP contribution in [0.15, 0.2) is 11.4 Å². The Labute approximate surface area is 128 Å². The van der Waals surface area contributed by atoms with E-state index in [1.165, 1.54) is 36.7 Å². The van der Waals surface area contributed by atoms with Crippen LogP contribution in [0.5, 0.6) is 0 Å². The number of nitrogens with zero attached hydrogens (tertiary/aromatic N) is 1. The average Bonchev–Trinajstić information content (AvgIpc) is 2.94. The molecule has 0 spiro atoms. The fraction of sp³-hybridized carbons (Fsp3) is 0.571. The van der Waals surface area contributed by atoms with Gasteiger partial charge < -0.3 is 10.4 Å². The third-order valence-electron chi connectivity index (χ3n) is 3.69. The molecule has 0 radical (unpaired) electrons. The second-order valence-corrected chi connectivity index (χ2v) is 6.17. The first-order valence-electron chi connectivity index (χ1n) is 7.17. The number of hydrogen-bond acceptors (Lipinski definition) is 4. The second kappa shape index (κ2) is 7.42. The van der Waals surface area contributed by atoms with Crippen molar-refractivity contribution in [3.05, 3.63) is 17.0 Å². The quantitative estimate of drug-likeness (QED) is 0.780. The molecule has 1 aliphatic heterocycles. The predicted octanol–water partition coefficient (Wildman–Crippen LogP) is 2.44. The van der Waals surface area contributed by atoms with Crippen molar-refractivity contribution in [1.82, 2.24) is 10.2 Å². The summed E-state index contributed by atoms with van der Waals surface area (Å²) in [4.78, 5) is 25.2. The van der Waals surface area contributed by atoms with Crippen LogP contribution in [0.25, 0.3) is 0 Å². The van der Waals surface area contributed by atoms with Gasteiger partial charge in [-0.25, -0.2) is 9.59 Å². The summed E-state index contributed by atoms with van der Waals surface area (Å²) < 4.78 is 0. The summed E-state index contributed by atoms with van der Waals surface area (Å²) in [6, 6.07) is 1.42. The SMILES string of the molecule is CC(CNC(=O)Nc1sccc1C(=O)O)N1CCCCC1. The Hall–Kier alpha value is -1.60. The van der Waals surface area contributed by atoms with Gasteiger partial charge in [-0.05, 0) is 44.3 Å². The number of urea groups is 1. The number of likely N-dealkylation sites (tertiary alicyclic amines) is 1. The van der Waals surface area contributed by atoms with E-state index in [1.807, 2.05) is 0 Å². The highest BCUT2D eigenvalue weighted by Gasteiger charge is 2.18. The van der Waals surface area contributed by atoms with Crippen LogP contribution >= 0.6 is 11.3 Å². The highest BCUT2D eigenvalue weighted by molar-refractivity contribution is 7.14. The third-order valence-corrected chi connectivity index (χ3v) is 4.52. The summed E-state index contributed by atoms with van der Waals surface area (Å²) in [6.07, 6.45) is 3.72. The lowest BCUT2D eigenvalue weighted by molar-refractivity contribution is 0.0698. The Bertz CT molecular complexity index is 497. The van der Waals surface area contributed by atoms with Crippen LogP contribution in [0.3, 0.4) is 0 Å². The number of piperidine rings is 1. The molecule has 1 atom stereocenters. The highest BCUT2D eigenvalue weighted by atomic mass is 32.1. The van der Waals surface area contributed by atoms with Crippen molar-refractivity contribution < 1.29 is 14.7 Å². The molecule has 0 saturated carbocycles. The molecule has 2 rings (SSSR count). The maximum atomic E-state index is 11.8. The van der Waals surface area contributed by atoms with Gasteiger partial charge in [0.1, 0.15) is 5.00 Å². The van der Waals surface area contributed by atoms with E-state index < -0.39 is 5.97 Å². The molecule has 116 valence electrons. The number of nitrogens with one attached hydrogen (secondary N) is 2. The third kappa shape index (κ3) is 4.44. The minimum atomic E-state index is -1.03. The Morgan fingerprint density at radius 1 is 1.38 bits per heavy atom. The lowest BCUT2D eigenvalue weighted by Crippen LogP contribution is -2.45. The largest absolute Gasteiger partial charge is 0.478 e. The number of anilines is 1. The zero-order valence-electron chi connectivity index (χ0n) is 12.1. The summed E-state index contributed by atoms with van der Waals surface area (Å²) in [7, 11) is 0. The molecule has 1 unspecified atom stereocenters. The fourth-order valence-corrected chi connectivity index (χ4v) is 3.22. The van der Waals surface area contributed by atoms with Crippen molar-refractivity contribution in [2.45, 2.75) is 32.2 Å². The van der Waals surface area contributed by atoms with Gasteiger partial charge in [-0.2, -0.15) is 0 Å². The van der Waals surface area contributed by atoms with Crippen LogP contribution in [-0.2, 0) is 0 Å². The lowest BCUT2D eigenvalue weighted by Gasteiger charge is -2.32. The number of thiophene rings is 1. The van der Waals surface area contributed by atoms with Crippen molar-refractivity contribution in [3.63, 3.8) is 0 Å². The van der Waals surface area contributed by atoms with Crippen LogP contribution < -0.4 is 10.6 Å². The number of aromatic carboxylic acids is 1. The van der Waals surface area contributed by atoms with Crippen molar-refractivity contribution in [3.8, 4) is 0 Å². The number of carbonyl (C=O) groups excluding carboxylic acids is 1. The van der Waals surface area contributed by atoms with Gasteiger partial charge in [0, 0.05) is 12.6 Å². The first-order chi connectivity index (χ1) is 10.1. The molecule has 1 saturated heterocycles. The normalized spacial score (nSPS) is 17.2. The van der Waals surface area contributed by atoms with Crippen LogP contribution in [0.4, 0.5) is 9.80 Å². The van der Waals surface area contributed by atoms with E-state index in [-0.39, 0.29) is 11.6 Å². The molecule has 2 amide bonds. The molecular weight excluding hydrogens is 290 g/mol. The molecule has 21 heavy (non-hydrogen) atoms. The minimum absolute atomic E-state index is 0.124. The zero-order chi connectivity index (χ0) is 15.2. The smallest absolute Gasteiger partial charge is 0.338 e. The maximum Gasteiger partial charge on any atom is 0.338 e. The van der Waals surface area contributed by atoms with Crippen LogP contribution in [0, 0.1) is 0 Å². The van der Waals surface area contributed by atoms with Crippen molar-refractivity contribution >= 4 is 28.3 Å². The van der Waals surface area contributed by atoms with Crippen molar-refractivity contribution in [2.24, 2.45) is 0 Å². The zero-order valence-corrected chi connectivity index (χ0v) is 12.9. The standard InChI is InChI=1S/C14H21N3O3S/c1-10(17-6-3-2-4-7-17)9-15-14(20)16-12-11(13(18)19)5-8-21-12/h5,8,10H,2-4,6-7,9H2,1H3,(H,18,19)(H2,15,16,20). The first-order valence-corrected chi connectivity index (χ1v) is 8.05. The number of carboxylic acid groups (broad SMARTS) is 1. The molecule has 6 nitrogen and oxygen atoms in total. The molecule has 2 heterocycles. The molecule has 1 fully saturated rings. The predicted molar refractivity (Wildman–Crippen MR) is 83.2 cm³/mol. The van der Waals surface area contributed by atoms with Crippen LogP contribution in [-0.4, -0.2) is 47.7 Å². The summed E-state index contributed by atoms with van der Waals surface area (Å²) in [5.74, 6) is -1.03. The van der Waals surface area contributed by atoms with E-state index in [4.69, 9.17) is 5.11 Å². The molecule has 1 aromatic rings. The minimum Gasteiger partial charge on any atom is -0.478 e. The molecule has 0 bridgehead atoms. The average molecular weight is 311 g/mol. The van der Waals surface area contributed by atoms with Gasteiger partial charge in [0.15, 0.2) is 0 Å². The lowest BCUT2D eigenvalue weighted by atomic mass is 10.1. The Morgan fingerprint density at radius 3 is 2.76 bits per heavy atom. The van der Waals surface area contributed by atoms with Gasteiger partial charge in [-0.15, -0.1) is 11.3 Å². The number of carbonyl (C=O) groups is 2. The molecule has 3 N–H and O–H groups in total. The Balaban J connectivity index is 1.79. The van der Waals surface area contributed by atoms with Gasteiger partial charge in [-0.1, -0.05) is 6.42 Å². The molecule has 7 heteroatoms. The van der Waals surface area contributed by atoms with Gasteiger partial charge in [-0.3, -0.25) is 10.2 Å². The van der Waals surface area contributed by atoms with E-state index in [2.05, 4.69) is 22.5 Å². The number of rotatable bonds is 5. The Morgan fingerprint density at radius 2 is 2.10 bits per heavy atom. The van der Waals surface area contributed by atoms with Gasteiger partial charge in [0.05, 0.1) is 5.56 Å². The monoisotopic (exact) mass is 311 g/mol. The summed E-state index contributed by atoms with van der Waals surface area (Å²) in [5, 5.41) is 16.4. The maximum absolute atomic E-state index is 11.8. The molecule has 0 aliphatic carbocycles. The molecule has 1 aromatic heterocycles. The fourth-order valence-electron chi connectivity index (χ4n) is 2.45. The van der Waals surface area contributed by atoms with Gasteiger partial charge in [0.25, 0.3) is 0 Å². The number of hydrogen-bond donors (Lipinski definition) is 3. The number of carboxylic acids is 1. The van der Waals surface area contributed by atoms with E-state index in [0.717, 1.165) is 13.1 Å². The van der Waals surface area contributed by atoms with Gasteiger partial charge >= 0.3 is 12.0 Å². The molecular formula is C14H21N3O3S. The van der Waals surface area contributed by atoms with Crippen LogP contribution in [0.2, 0.25) is 0 Å². The summed E-state index contributed by atoms with van der Waals surface area (Å²) in [5.41, 5.74) is 0.124. The van der Waals surface area contributed by atoms with E-state index in [9.17, 15) is 9.59 Å². The first kappa shape index (κ1) is 15.8. The summed E-state index contributed by atoms with van der Waals surface area (Å²) in [6.45, 7) is 4.82. The van der Waals surface area contributed by atoms with E-state index in [0.29, 0.717) is 17.6 Å². The topological polar surface area (TPSA) is 81.7 Å². The van der Waals surface area contributed by atoms with E-state index >= 15 is 0 Å². The van der Waals surface area contributed by atoms with Crippen molar-refractivity contribution in [2.75, 3.05) is 25.0 Å². The number of amides is 2.